The third-order valence-corrected chi connectivity index (χ3v) is 4.22. The molecule has 0 N–H and O–H groups in total. The van der Waals surface area contributed by atoms with Gasteiger partial charge >= 0.3 is 0 Å². The highest BCUT2D eigenvalue weighted by Crippen LogP contribution is 2.34. The third-order valence-electron chi connectivity index (χ3n) is 4.22. The summed E-state index contributed by atoms with van der Waals surface area (Å²) >= 11 is 0. The Balaban J connectivity index is 1.87. The van der Waals surface area contributed by atoms with Gasteiger partial charge in [0.25, 0.3) is 0 Å². The Bertz CT molecular complexity index is 686. The van der Waals surface area contributed by atoms with Gasteiger partial charge in [-0.2, -0.15) is 0 Å². The van der Waals surface area contributed by atoms with Gasteiger partial charge in [0.15, 0.2) is 0 Å². The van der Waals surface area contributed by atoms with Crippen LogP contribution in [-0.2, 0) is 12.8 Å². The number of fused-ring (bicyclic) bond motifs is 1. The molecule has 3 rings (SSSR count). The van der Waals surface area contributed by atoms with E-state index >= 15 is 0 Å². The number of hydrogen-bond donors (Lipinski definition) is 0. The minimum absolute atomic E-state index is 0.138. The van der Waals surface area contributed by atoms with Crippen molar-refractivity contribution in [2.75, 3.05) is 0 Å². The Labute approximate surface area is 124 Å². The molecule has 108 valence electrons. The van der Waals surface area contributed by atoms with Crippen molar-refractivity contribution in [3.63, 3.8) is 0 Å². The van der Waals surface area contributed by atoms with E-state index in [2.05, 4.69) is 0 Å². The van der Waals surface area contributed by atoms with Crippen LogP contribution in [-0.4, -0.2) is 0 Å². The molecule has 0 radical (unpaired) electrons. The van der Waals surface area contributed by atoms with E-state index in [1.165, 1.54) is 6.07 Å². The van der Waals surface area contributed by atoms with Gasteiger partial charge in [0, 0.05) is 0 Å². The highest BCUT2D eigenvalue weighted by molar-refractivity contribution is 5.50. The number of allylic oxidation sites excluding steroid dienone is 1. The van der Waals surface area contributed by atoms with Crippen molar-refractivity contribution >= 4 is 6.08 Å². The normalized spacial score (nSPS) is 18.0. The molecule has 0 heterocycles. The quantitative estimate of drug-likeness (QED) is 0.704. The maximum absolute atomic E-state index is 14.3. The predicted molar refractivity (Wildman–Crippen MR) is 82.3 cm³/mol. The van der Waals surface area contributed by atoms with Gasteiger partial charge in [-0.05, 0) is 72.6 Å². The van der Waals surface area contributed by atoms with E-state index in [1.54, 1.807) is 12.1 Å². The number of hydrogen-bond acceptors (Lipinski definition) is 0. The summed E-state index contributed by atoms with van der Waals surface area (Å²) < 4.78 is 27.5. The molecule has 1 atom stereocenters. The summed E-state index contributed by atoms with van der Waals surface area (Å²) in [6.07, 6.45) is 6.27. The fraction of sp³-hybridized carbons (Fsp3) is 0.263. The molecule has 0 nitrogen and oxygen atoms in total. The highest BCUT2D eigenvalue weighted by atomic mass is 19.1. The van der Waals surface area contributed by atoms with Crippen molar-refractivity contribution in [1.29, 1.82) is 0 Å². The van der Waals surface area contributed by atoms with Crippen molar-refractivity contribution in [2.24, 2.45) is 0 Å². The number of aryl methyl sites for hydroxylation is 1. The summed E-state index contributed by atoms with van der Waals surface area (Å²) in [5.74, 6) is -0.141. The second-order valence-corrected chi connectivity index (χ2v) is 5.63. The largest absolute Gasteiger partial charge is 0.207 e. The molecule has 0 aliphatic heterocycles. The maximum atomic E-state index is 14.3. The lowest BCUT2D eigenvalue weighted by molar-refractivity contribution is 0.530. The van der Waals surface area contributed by atoms with Crippen LogP contribution in [0.15, 0.2) is 42.5 Å². The third kappa shape index (κ3) is 2.90. The van der Waals surface area contributed by atoms with E-state index in [0.29, 0.717) is 0 Å². The number of benzene rings is 2. The van der Waals surface area contributed by atoms with Crippen LogP contribution in [0.25, 0.3) is 6.08 Å². The van der Waals surface area contributed by atoms with Crippen LogP contribution in [0.5, 0.6) is 0 Å². The minimum atomic E-state index is -0.186. The van der Waals surface area contributed by atoms with E-state index in [-0.39, 0.29) is 17.6 Å². The van der Waals surface area contributed by atoms with Crippen LogP contribution in [0.3, 0.4) is 0 Å². The Morgan fingerprint density at radius 3 is 2.67 bits per heavy atom. The average molecular weight is 284 g/mol. The molecule has 2 heteroatoms. The van der Waals surface area contributed by atoms with Gasteiger partial charge in [0.05, 0.1) is 0 Å². The molecule has 21 heavy (non-hydrogen) atoms. The van der Waals surface area contributed by atoms with Crippen molar-refractivity contribution in [3.05, 3.63) is 76.4 Å². The second-order valence-electron chi connectivity index (χ2n) is 5.63. The van der Waals surface area contributed by atoms with Crippen molar-refractivity contribution < 1.29 is 8.78 Å². The summed E-state index contributed by atoms with van der Waals surface area (Å²) in [5.41, 5.74) is 3.87. The van der Waals surface area contributed by atoms with Gasteiger partial charge < -0.3 is 0 Å². The molecule has 1 aliphatic carbocycles. The summed E-state index contributed by atoms with van der Waals surface area (Å²) in [6.45, 7) is 1.92. The van der Waals surface area contributed by atoms with Gasteiger partial charge in [0.1, 0.15) is 11.6 Å². The molecule has 2 aromatic rings. The first kappa shape index (κ1) is 14.0. The lowest BCUT2D eigenvalue weighted by Crippen LogP contribution is -2.14. The van der Waals surface area contributed by atoms with E-state index < -0.39 is 0 Å². The molecule has 0 bridgehead atoms. The molecule has 0 saturated heterocycles. The van der Waals surface area contributed by atoms with Gasteiger partial charge in [-0.3, -0.25) is 0 Å². The standard InChI is InChI=1S/C19H18F2/c1-2-3-13-4-9-18(19(21)10-13)16-6-5-15-12-17(20)8-7-14(15)11-16/h2-4,7-10,12,16H,5-6,11H2,1H3/b3-2+. The molecular weight excluding hydrogens is 266 g/mol. The summed E-state index contributed by atoms with van der Waals surface area (Å²) in [4.78, 5) is 0. The lowest BCUT2D eigenvalue weighted by atomic mass is 9.80. The van der Waals surface area contributed by atoms with E-state index in [4.69, 9.17) is 0 Å². The first-order valence-corrected chi connectivity index (χ1v) is 7.37. The first-order valence-electron chi connectivity index (χ1n) is 7.37. The van der Waals surface area contributed by atoms with Crippen LogP contribution >= 0.6 is 0 Å². The van der Waals surface area contributed by atoms with Crippen molar-refractivity contribution in [1.82, 2.24) is 0 Å². The van der Waals surface area contributed by atoms with E-state index in [9.17, 15) is 8.78 Å². The Morgan fingerprint density at radius 1 is 1.05 bits per heavy atom. The van der Waals surface area contributed by atoms with Crippen LogP contribution in [0.4, 0.5) is 8.78 Å². The molecule has 1 aliphatic rings. The summed E-state index contributed by atoms with van der Waals surface area (Å²) in [5, 5.41) is 0. The SMILES string of the molecule is C/C=C/c1ccc(C2CCc3cc(F)ccc3C2)c(F)c1. The van der Waals surface area contributed by atoms with Gasteiger partial charge in [-0.15, -0.1) is 0 Å². The van der Waals surface area contributed by atoms with E-state index in [0.717, 1.165) is 41.5 Å². The first-order chi connectivity index (χ1) is 10.2. The van der Waals surface area contributed by atoms with Gasteiger partial charge in [-0.25, -0.2) is 8.78 Å². The van der Waals surface area contributed by atoms with E-state index in [1.807, 2.05) is 37.3 Å². The molecule has 2 aromatic carbocycles. The molecular formula is C19H18F2. The average Bonchev–Trinajstić information content (AvgIpc) is 2.47. The lowest BCUT2D eigenvalue weighted by Gasteiger charge is -2.25. The van der Waals surface area contributed by atoms with Crippen LogP contribution < -0.4 is 0 Å². The predicted octanol–water partition coefficient (Wildman–Crippen LogP) is 5.27. The molecule has 0 spiro atoms. The Kier molecular flexibility index (Phi) is 3.87. The Morgan fingerprint density at radius 2 is 1.90 bits per heavy atom. The Hall–Kier alpha value is -1.96. The van der Waals surface area contributed by atoms with Crippen LogP contribution in [0, 0.1) is 11.6 Å². The maximum Gasteiger partial charge on any atom is 0.127 e. The fourth-order valence-corrected chi connectivity index (χ4v) is 3.16. The zero-order chi connectivity index (χ0) is 14.8. The highest BCUT2D eigenvalue weighted by Gasteiger charge is 2.22. The minimum Gasteiger partial charge on any atom is -0.207 e. The number of rotatable bonds is 2. The molecule has 1 unspecified atom stereocenters. The van der Waals surface area contributed by atoms with Crippen molar-refractivity contribution in [2.45, 2.75) is 32.1 Å². The van der Waals surface area contributed by atoms with Crippen LogP contribution in [0.1, 0.15) is 41.5 Å². The molecule has 0 saturated carbocycles. The topological polar surface area (TPSA) is 0 Å². The summed E-state index contributed by atoms with van der Waals surface area (Å²) in [6, 6.07) is 10.4. The van der Waals surface area contributed by atoms with Crippen LogP contribution in [0.2, 0.25) is 0 Å². The fourth-order valence-electron chi connectivity index (χ4n) is 3.16. The van der Waals surface area contributed by atoms with Crippen molar-refractivity contribution in [3.8, 4) is 0 Å². The monoisotopic (exact) mass is 284 g/mol. The summed E-state index contributed by atoms with van der Waals surface area (Å²) in [7, 11) is 0. The smallest absolute Gasteiger partial charge is 0.127 e. The molecule has 0 fully saturated rings. The van der Waals surface area contributed by atoms with Gasteiger partial charge in [0.2, 0.25) is 0 Å². The molecule has 0 amide bonds. The number of halogens is 2. The zero-order valence-corrected chi connectivity index (χ0v) is 12.1. The zero-order valence-electron chi connectivity index (χ0n) is 12.1. The van der Waals surface area contributed by atoms with Gasteiger partial charge in [-0.1, -0.05) is 30.4 Å². The second kappa shape index (κ2) is 5.80. The molecule has 0 aromatic heterocycles.